The fourth-order valence-electron chi connectivity index (χ4n) is 4.06. The van der Waals surface area contributed by atoms with Gasteiger partial charge in [0.15, 0.2) is 0 Å². The van der Waals surface area contributed by atoms with E-state index in [0.717, 1.165) is 30.9 Å². The molecule has 1 unspecified atom stereocenters. The van der Waals surface area contributed by atoms with Gasteiger partial charge in [-0.05, 0) is 60.2 Å². The van der Waals surface area contributed by atoms with Gasteiger partial charge in [-0.3, -0.25) is 0 Å². The highest BCUT2D eigenvalue weighted by atomic mass is 19.4. The molecule has 1 N–H and O–H groups in total. The maximum Gasteiger partial charge on any atom is 0.416 e. The second kappa shape index (κ2) is 5.43. The number of ether oxygens (including phenoxy) is 1. The number of hydrogen-bond donors (Lipinski definition) is 1. The number of rotatable bonds is 1. The smallest absolute Gasteiger partial charge is 0.416 e. The molecule has 1 fully saturated rings. The van der Waals surface area contributed by atoms with Gasteiger partial charge < -0.3 is 9.84 Å². The molecule has 0 bridgehead atoms. The Morgan fingerprint density at radius 3 is 2.46 bits per heavy atom. The van der Waals surface area contributed by atoms with Crippen LogP contribution in [0, 0.1) is 5.92 Å². The number of phenols is 1. The highest BCUT2D eigenvalue weighted by Gasteiger charge is 2.43. The predicted molar refractivity (Wildman–Crippen MR) is 83.0 cm³/mol. The van der Waals surface area contributed by atoms with E-state index in [1.54, 1.807) is 12.1 Å². The Kier molecular flexibility index (Phi) is 3.48. The van der Waals surface area contributed by atoms with Crippen molar-refractivity contribution in [3.63, 3.8) is 0 Å². The lowest BCUT2D eigenvalue weighted by molar-refractivity contribution is -0.137. The van der Waals surface area contributed by atoms with Crippen molar-refractivity contribution in [1.82, 2.24) is 0 Å². The van der Waals surface area contributed by atoms with Crippen LogP contribution in [0.4, 0.5) is 13.2 Å². The zero-order valence-electron chi connectivity index (χ0n) is 12.9. The number of aromatic hydroxyl groups is 1. The van der Waals surface area contributed by atoms with Gasteiger partial charge in [0.2, 0.25) is 0 Å². The van der Waals surface area contributed by atoms with Gasteiger partial charge in [-0.15, -0.1) is 0 Å². The number of benzene rings is 2. The summed E-state index contributed by atoms with van der Waals surface area (Å²) in [5.74, 6) is 0.998. The first-order valence-electron chi connectivity index (χ1n) is 8.10. The van der Waals surface area contributed by atoms with Crippen LogP contribution in [-0.2, 0) is 6.18 Å². The molecular weight excluding hydrogens is 317 g/mol. The molecule has 1 saturated carbocycles. The molecule has 0 spiro atoms. The molecule has 0 aromatic heterocycles. The number of halogens is 3. The highest BCUT2D eigenvalue weighted by molar-refractivity contribution is 5.45. The van der Waals surface area contributed by atoms with Gasteiger partial charge >= 0.3 is 6.18 Å². The summed E-state index contributed by atoms with van der Waals surface area (Å²) in [6, 6.07) is 10.7. The van der Waals surface area contributed by atoms with E-state index in [0.29, 0.717) is 11.3 Å². The minimum Gasteiger partial charge on any atom is -0.508 e. The molecule has 2 aliphatic rings. The van der Waals surface area contributed by atoms with Crippen LogP contribution in [0.25, 0.3) is 0 Å². The van der Waals surface area contributed by atoms with E-state index in [1.165, 1.54) is 12.1 Å². The number of phenolic OH excluding ortho intramolecular Hbond substituents is 1. The molecule has 5 heteroatoms. The average Bonchev–Trinajstić information content (AvgIpc) is 3.03. The van der Waals surface area contributed by atoms with Crippen LogP contribution in [0.1, 0.15) is 48.0 Å². The van der Waals surface area contributed by atoms with Crippen LogP contribution in [0.2, 0.25) is 0 Å². The van der Waals surface area contributed by atoms with Gasteiger partial charge in [-0.25, -0.2) is 0 Å². The van der Waals surface area contributed by atoms with Crippen molar-refractivity contribution in [2.75, 3.05) is 0 Å². The first-order chi connectivity index (χ1) is 11.4. The van der Waals surface area contributed by atoms with Crippen LogP contribution in [0.15, 0.2) is 42.5 Å². The fraction of sp³-hybridized carbons (Fsp3) is 0.368. The molecule has 2 aromatic carbocycles. The SMILES string of the molecule is Oc1ccc([C@H]2Oc3ccc(C(F)(F)F)cc3[C@H]3CCCC32)cc1. The maximum absolute atomic E-state index is 13.0. The second-order valence-corrected chi connectivity index (χ2v) is 6.58. The molecule has 0 amide bonds. The lowest BCUT2D eigenvalue weighted by Gasteiger charge is -2.36. The molecule has 2 aromatic rings. The van der Waals surface area contributed by atoms with Crippen molar-refractivity contribution in [2.45, 2.75) is 37.5 Å². The first-order valence-corrected chi connectivity index (χ1v) is 8.10. The molecule has 0 radical (unpaired) electrons. The summed E-state index contributed by atoms with van der Waals surface area (Å²) in [4.78, 5) is 0. The Hall–Kier alpha value is -2.17. The van der Waals surface area contributed by atoms with Crippen LogP contribution >= 0.6 is 0 Å². The first kappa shape index (κ1) is 15.4. The lowest BCUT2D eigenvalue weighted by atomic mass is 9.79. The molecule has 1 aliphatic carbocycles. The van der Waals surface area contributed by atoms with Crippen LogP contribution in [0.3, 0.4) is 0 Å². The van der Waals surface area contributed by atoms with Crippen LogP contribution in [0.5, 0.6) is 11.5 Å². The second-order valence-electron chi connectivity index (χ2n) is 6.58. The van der Waals surface area contributed by atoms with Crippen LogP contribution in [-0.4, -0.2) is 5.11 Å². The van der Waals surface area contributed by atoms with Crippen molar-refractivity contribution >= 4 is 0 Å². The minimum absolute atomic E-state index is 0.0925. The van der Waals surface area contributed by atoms with Crippen molar-refractivity contribution in [3.05, 3.63) is 59.2 Å². The van der Waals surface area contributed by atoms with Crippen LogP contribution < -0.4 is 4.74 Å². The standard InChI is InChI=1S/C19H17F3O2/c20-19(21,22)12-6-9-17-16(10-12)14-2-1-3-15(14)18(24-17)11-4-7-13(23)8-5-11/h4-10,14-15,18,23H,1-3H2/t14-,15?,18+/m0/s1. The Morgan fingerprint density at radius 1 is 1.00 bits per heavy atom. The summed E-state index contributed by atoms with van der Waals surface area (Å²) in [6.07, 6.45) is -1.70. The number of hydrogen-bond acceptors (Lipinski definition) is 2. The summed E-state index contributed by atoms with van der Waals surface area (Å²) >= 11 is 0. The summed E-state index contributed by atoms with van der Waals surface area (Å²) in [5, 5.41) is 9.46. The van der Waals surface area contributed by atoms with Gasteiger partial charge in [0.25, 0.3) is 0 Å². The van der Waals surface area contributed by atoms with E-state index in [-0.39, 0.29) is 23.7 Å². The fourth-order valence-corrected chi connectivity index (χ4v) is 4.06. The number of alkyl halides is 3. The monoisotopic (exact) mass is 334 g/mol. The Morgan fingerprint density at radius 2 is 1.75 bits per heavy atom. The minimum atomic E-state index is -4.34. The van der Waals surface area contributed by atoms with Gasteiger partial charge in [0.1, 0.15) is 17.6 Å². The molecule has 126 valence electrons. The zero-order valence-corrected chi connectivity index (χ0v) is 12.9. The molecule has 2 nitrogen and oxygen atoms in total. The predicted octanol–water partition coefficient (Wildman–Crippen LogP) is 5.43. The molecule has 1 heterocycles. The van der Waals surface area contributed by atoms with E-state index >= 15 is 0 Å². The average molecular weight is 334 g/mol. The normalized spacial score (nSPS) is 25.7. The molecule has 3 atom stereocenters. The Bertz CT molecular complexity index is 752. The molecule has 0 saturated heterocycles. The van der Waals surface area contributed by atoms with E-state index in [1.807, 2.05) is 12.1 Å². The van der Waals surface area contributed by atoms with Gasteiger partial charge in [0, 0.05) is 5.92 Å². The zero-order chi connectivity index (χ0) is 16.9. The van der Waals surface area contributed by atoms with E-state index in [2.05, 4.69) is 0 Å². The van der Waals surface area contributed by atoms with E-state index in [4.69, 9.17) is 4.74 Å². The van der Waals surface area contributed by atoms with Gasteiger partial charge in [0.05, 0.1) is 5.56 Å². The summed E-state index contributed by atoms with van der Waals surface area (Å²) in [7, 11) is 0. The highest BCUT2D eigenvalue weighted by Crippen LogP contribution is 2.54. The lowest BCUT2D eigenvalue weighted by Crippen LogP contribution is -2.27. The topological polar surface area (TPSA) is 29.5 Å². The summed E-state index contributed by atoms with van der Waals surface area (Å²) in [5.41, 5.74) is 1.02. The Balaban J connectivity index is 1.75. The van der Waals surface area contributed by atoms with Crippen molar-refractivity contribution in [2.24, 2.45) is 5.92 Å². The number of fused-ring (bicyclic) bond motifs is 3. The van der Waals surface area contributed by atoms with Crippen molar-refractivity contribution < 1.29 is 23.0 Å². The molecular formula is C19H17F3O2. The Labute approximate surface area is 137 Å². The summed E-state index contributed by atoms with van der Waals surface area (Å²) in [6.45, 7) is 0. The van der Waals surface area contributed by atoms with Gasteiger partial charge in [-0.1, -0.05) is 18.6 Å². The van der Waals surface area contributed by atoms with E-state index in [9.17, 15) is 18.3 Å². The van der Waals surface area contributed by atoms with E-state index < -0.39 is 11.7 Å². The maximum atomic E-state index is 13.0. The van der Waals surface area contributed by atoms with Crippen molar-refractivity contribution in [3.8, 4) is 11.5 Å². The summed E-state index contributed by atoms with van der Waals surface area (Å²) < 4.78 is 45.1. The third kappa shape index (κ3) is 2.52. The molecule has 4 rings (SSSR count). The third-order valence-corrected chi connectivity index (χ3v) is 5.17. The largest absolute Gasteiger partial charge is 0.508 e. The quantitative estimate of drug-likeness (QED) is 0.754. The molecule has 1 aliphatic heterocycles. The molecule has 24 heavy (non-hydrogen) atoms. The third-order valence-electron chi connectivity index (χ3n) is 5.17. The van der Waals surface area contributed by atoms with Crippen molar-refractivity contribution in [1.29, 1.82) is 0 Å². The van der Waals surface area contributed by atoms with Gasteiger partial charge in [-0.2, -0.15) is 13.2 Å².